The van der Waals surface area contributed by atoms with Gasteiger partial charge in [-0.25, -0.2) is 0 Å². The van der Waals surface area contributed by atoms with E-state index in [1.807, 2.05) is 0 Å². The highest BCUT2D eigenvalue weighted by Crippen LogP contribution is 1.98. The van der Waals surface area contributed by atoms with Gasteiger partial charge in [-0.1, -0.05) is 26.2 Å². The number of ether oxygens (including phenoxy) is 3. The summed E-state index contributed by atoms with van der Waals surface area (Å²) >= 11 is 0. The van der Waals surface area contributed by atoms with Gasteiger partial charge in [0.2, 0.25) is 0 Å². The van der Waals surface area contributed by atoms with Crippen LogP contribution in [0.15, 0.2) is 0 Å². The monoisotopic (exact) mass is 332 g/mol. The molecule has 0 aromatic heterocycles. The Bertz CT molecular complexity index is 259. The number of hydrogen-bond acceptors (Lipinski definition) is 6. The van der Waals surface area contributed by atoms with Crippen molar-refractivity contribution in [1.82, 2.24) is 0 Å². The molecule has 0 aliphatic carbocycles. The Kier molecular flexibility index (Phi) is 19.4. The Morgan fingerprint density at radius 3 is 1.62 bits per heavy atom. The summed E-state index contributed by atoms with van der Waals surface area (Å²) in [5.41, 5.74) is 0. The van der Waals surface area contributed by atoms with Gasteiger partial charge in [-0.3, -0.25) is 9.11 Å². The lowest BCUT2D eigenvalue weighted by atomic mass is 10.2. The summed E-state index contributed by atoms with van der Waals surface area (Å²) in [7, 11) is -4.67. The van der Waals surface area contributed by atoms with Crippen LogP contribution in [-0.2, 0) is 24.6 Å². The number of aliphatic hydroxyl groups excluding tert-OH is 1. The van der Waals surface area contributed by atoms with E-state index in [0.717, 1.165) is 13.0 Å². The molecule has 0 aliphatic heterocycles. The Labute approximate surface area is 127 Å². The molecule has 8 nitrogen and oxygen atoms in total. The number of hydrogen-bond donors (Lipinski definition) is 3. The quantitative estimate of drug-likeness (QED) is 0.337. The number of rotatable bonds is 13. The highest BCUT2D eigenvalue weighted by Gasteiger charge is 1.91. The zero-order valence-electron chi connectivity index (χ0n) is 12.6. The van der Waals surface area contributed by atoms with E-state index < -0.39 is 10.4 Å². The van der Waals surface area contributed by atoms with Crippen molar-refractivity contribution in [3.05, 3.63) is 0 Å². The Hall–Kier alpha value is -0.290. The second-order valence-corrected chi connectivity index (χ2v) is 4.96. The standard InChI is InChI=1S/C12H26O4.H2O4S/c1-2-3-4-5-7-14-9-11-16-12-10-15-8-6-13;1-5(2,3)4/h13H,2-12H2,1H3;(H2,1,2,3,4). The van der Waals surface area contributed by atoms with Gasteiger partial charge < -0.3 is 19.3 Å². The van der Waals surface area contributed by atoms with Crippen molar-refractivity contribution in [3.63, 3.8) is 0 Å². The van der Waals surface area contributed by atoms with Gasteiger partial charge in [0.1, 0.15) is 0 Å². The molecule has 0 spiro atoms. The predicted molar refractivity (Wildman–Crippen MR) is 77.9 cm³/mol. The van der Waals surface area contributed by atoms with Gasteiger partial charge in [-0.15, -0.1) is 0 Å². The zero-order chi connectivity index (χ0) is 16.4. The van der Waals surface area contributed by atoms with E-state index >= 15 is 0 Å². The SMILES string of the molecule is CCCCCCOCCOCCOCCO.O=S(=O)(O)O. The topological polar surface area (TPSA) is 123 Å². The van der Waals surface area contributed by atoms with Gasteiger partial charge in [-0.05, 0) is 6.42 Å². The molecule has 130 valence electrons. The molecule has 0 rings (SSSR count). The maximum absolute atomic E-state index is 8.74. The summed E-state index contributed by atoms with van der Waals surface area (Å²) in [6.07, 6.45) is 4.96. The second-order valence-electron chi connectivity index (χ2n) is 4.07. The first-order valence-corrected chi connectivity index (χ1v) is 8.35. The van der Waals surface area contributed by atoms with Crippen molar-refractivity contribution in [1.29, 1.82) is 0 Å². The Morgan fingerprint density at radius 1 is 0.762 bits per heavy atom. The average molecular weight is 332 g/mol. The largest absolute Gasteiger partial charge is 0.394 e. The smallest absolute Gasteiger partial charge is 0.394 e. The van der Waals surface area contributed by atoms with Crippen LogP contribution >= 0.6 is 0 Å². The first-order valence-electron chi connectivity index (χ1n) is 6.95. The highest BCUT2D eigenvalue weighted by molar-refractivity contribution is 7.79. The Morgan fingerprint density at radius 2 is 1.19 bits per heavy atom. The van der Waals surface area contributed by atoms with Crippen molar-refractivity contribution < 1.29 is 36.8 Å². The van der Waals surface area contributed by atoms with Crippen LogP contribution in [0.4, 0.5) is 0 Å². The van der Waals surface area contributed by atoms with Gasteiger partial charge in [0.05, 0.1) is 39.6 Å². The fraction of sp³-hybridized carbons (Fsp3) is 1.00. The minimum atomic E-state index is -4.67. The molecular weight excluding hydrogens is 304 g/mol. The van der Waals surface area contributed by atoms with Crippen LogP contribution < -0.4 is 0 Å². The van der Waals surface area contributed by atoms with Crippen molar-refractivity contribution in [2.45, 2.75) is 32.6 Å². The third kappa shape index (κ3) is 38.3. The molecule has 9 heteroatoms. The van der Waals surface area contributed by atoms with E-state index in [2.05, 4.69) is 6.92 Å². The van der Waals surface area contributed by atoms with E-state index in [9.17, 15) is 0 Å². The molecule has 0 aliphatic rings. The van der Waals surface area contributed by atoms with Gasteiger partial charge in [-0.2, -0.15) is 8.42 Å². The van der Waals surface area contributed by atoms with E-state index in [-0.39, 0.29) is 6.61 Å². The first kappa shape index (κ1) is 23.0. The molecule has 0 saturated carbocycles. The average Bonchev–Trinajstić information content (AvgIpc) is 2.38. The molecule has 0 aromatic rings. The summed E-state index contributed by atoms with van der Waals surface area (Å²) < 4.78 is 47.3. The third-order valence-electron chi connectivity index (χ3n) is 2.12. The summed E-state index contributed by atoms with van der Waals surface area (Å²) in [5.74, 6) is 0. The van der Waals surface area contributed by atoms with Crippen LogP contribution in [0.25, 0.3) is 0 Å². The van der Waals surface area contributed by atoms with Crippen molar-refractivity contribution in [3.8, 4) is 0 Å². The molecule has 0 aromatic carbocycles. The van der Waals surface area contributed by atoms with Crippen molar-refractivity contribution >= 4 is 10.4 Å². The molecule has 0 saturated heterocycles. The molecule has 0 heterocycles. The van der Waals surface area contributed by atoms with Crippen LogP contribution in [0.5, 0.6) is 0 Å². The molecule has 0 unspecified atom stereocenters. The summed E-state index contributed by atoms with van der Waals surface area (Å²) in [6, 6.07) is 0. The van der Waals surface area contributed by atoms with Gasteiger partial charge in [0, 0.05) is 6.61 Å². The molecule has 21 heavy (non-hydrogen) atoms. The molecule has 0 radical (unpaired) electrons. The van der Waals surface area contributed by atoms with Gasteiger partial charge in [0.15, 0.2) is 0 Å². The van der Waals surface area contributed by atoms with E-state index in [4.69, 9.17) is 36.8 Å². The maximum atomic E-state index is 8.74. The lowest BCUT2D eigenvalue weighted by Crippen LogP contribution is -2.11. The van der Waals surface area contributed by atoms with Gasteiger partial charge in [0.25, 0.3) is 0 Å². The molecule has 0 bridgehead atoms. The minimum Gasteiger partial charge on any atom is -0.394 e. The molecular formula is C12H28O8S. The van der Waals surface area contributed by atoms with Gasteiger partial charge >= 0.3 is 10.4 Å². The lowest BCUT2D eigenvalue weighted by molar-refractivity contribution is 0.00720. The summed E-state index contributed by atoms with van der Waals surface area (Å²) in [6.45, 7) is 5.88. The summed E-state index contributed by atoms with van der Waals surface area (Å²) in [5, 5.41) is 8.44. The fourth-order valence-electron chi connectivity index (χ4n) is 1.24. The van der Waals surface area contributed by atoms with E-state index in [0.29, 0.717) is 33.0 Å². The molecule has 0 atom stereocenters. The lowest BCUT2D eigenvalue weighted by Gasteiger charge is -2.06. The highest BCUT2D eigenvalue weighted by atomic mass is 32.3. The van der Waals surface area contributed by atoms with Crippen molar-refractivity contribution in [2.24, 2.45) is 0 Å². The van der Waals surface area contributed by atoms with Crippen LogP contribution in [0.1, 0.15) is 32.6 Å². The Balaban J connectivity index is 0. The van der Waals surface area contributed by atoms with Crippen LogP contribution in [0.2, 0.25) is 0 Å². The maximum Gasteiger partial charge on any atom is 0.394 e. The van der Waals surface area contributed by atoms with Crippen LogP contribution in [0.3, 0.4) is 0 Å². The number of unbranched alkanes of at least 4 members (excludes halogenated alkanes) is 3. The third-order valence-corrected chi connectivity index (χ3v) is 2.12. The second kappa shape index (κ2) is 17.8. The molecule has 3 N–H and O–H groups in total. The molecule has 0 fully saturated rings. The predicted octanol–water partition coefficient (Wildman–Crippen LogP) is 0.956. The van der Waals surface area contributed by atoms with Crippen LogP contribution in [-0.4, -0.2) is 68.9 Å². The number of aliphatic hydroxyl groups is 1. The summed E-state index contributed by atoms with van der Waals surface area (Å²) in [4.78, 5) is 0. The van der Waals surface area contributed by atoms with E-state index in [1.54, 1.807) is 0 Å². The van der Waals surface area contributed by atoms with Crippen LogP contribution in [0, 0.1) is 0 Å². The zero-order valence-corrected chi connectivity index (χ0v) is 13.4. The minimum absolute atomic E-state index is 0.0703. The fourth-order valence-corrected chi connectivity index (χ4v) is 1.24. The van der Waals surface area contributed by atoms with E-state index in [1.165, 1.54) is 19.3 Å². The molecule has 0 amide bonds. The normalized spacial score (nSPS) is 11.0. The van der Waals surface area contributed by atoms with Crippen molar-refractivity contribution in [2.75, 3.05) is 46.2 Å². The first-order chi connectivity index (χ1) is 9.91.